The van der Waals surface area contributed by atoms with Crippen molar-refractivity contribution in [3.05, 3.63) is 29.8 Å². The number of hydrogen-bond acceptors (Lipinski definition) is 11. The van der Waals surface area contributed by atoms with Crippen LogP contribution >= 0.6 is 0 Å². The van der Waals surface area contributed by atoms with Gasteiger partial charge < -0.3 is 52.1 Å². The third kappa shape index (κ3) is 33.7. The first-order valence-electron chi connectivity index (χ1n) is 19.2. The number of rotatable bonds is 41. The van der Waals surface area contributed by atoms with Crippen LogP contribution < -0.4 is 4.74 Å². The molecule has 1 rings (SSSR count). The summed E-state index contributed by atoms with van der Waals surface area (Å²) in [5, 5.41) is 0. The Kier molecular flexibility index (Phi) is 36.2. The van der Waals surface area contributed by atoms with Crippen LogP contribution in [0.15, 0.2) is 24.3 Å². The van der Waals surface area contributed by atoms with E-state index in [2.05, 4.69) is 45.0 Å². The maximum absolute atomic E-state index is 5.78. The fraction of sp³-hybridized carbons (Fsp3) is 0.846. The van der Waals surface area contributed by atoms with Crippen LogP contribution in [-0.2, 0) is 53.8 Å². The minimum Gasteiger partial charge on any atom is -0.491 e. The highest BCUT2D eigenvalue weighted by Gasteiger charge is 2.00. The monoisotopic (exact) mass is 717 g/mol. The van der Waals surface area contributed by atoms with Crippen molar-refractivity contribution in [3.8, 4) is 5.75 Å². The molecule has 0 spiro atoms. The van der Waals surface area contributed by atoms with E-state index in [1.165, 1.54) is 44.1 Å². The van der Waals surface area contributed by atoms with Crippen molar-refractivity contribution in [2.75, 3.05) is 139 Å². The summed E-state index contributed by atoms with van der Waals surface area (Å²) in [6.45, 7) is 18.2. The van der Waals surface area contributed by atoms with Gasteiger partial charge in [0, 0.05) is 6.61 Å². The normalized spacial score (nSPS) is 12.1. The number of aryl methyl sites for hydroxylation is 1. The average molecular weight is 717 g/mol. The van der Waals surface area contributed by atoms with Gasteiger partial charge in [0.05, 0.1) is 126 Å². The third-order valence-corrected chi connectivity index (χ3v) is 7.69. The zero-order chi connectivity index (χ0) is 35.8. The van der Waals surface area contributed by atoms with Crippen molar-refractivity contribution in [3.63, 3.8) is 0 Å². The van der Waals surface area contributed by atoms with Gasteiger partial charge in [-0.3, -0.25) is 0 Å². The van der Waals surface area contributed by atoms with Gasteiger partial charge in [-0.25, -0.2) is 0 Å². The Balaban J connectivity index is 1.69. The van der Waals surface area contributed by atoms with E-state index in [4.69, 9.17) is 52.1 Å². The Hall–Kier alpha value is -1.38. The lowest BCUT2D eigenvalue weighted by Crippen LogP contribution is -2.15. The molecule has 0 radical (unpaired) electrons. The summed E-state index contributed by atoms with van der Waals surface area (Å²) in [4.78, 5) is 0. The van der Waals surface area contributed by atoms with Gasteiger partial charge in [0.25, 0.3) is 0 Å². The summed E-state index contributed by atoms with van der Waals surface area (Å²) >= 11 is 0. The number of benzene rings is 1. The predicted octanol–water partition coefficient (Wildman–Crippen LogP) is 6.18. The first-order chi connectivity index (χ1) is 24.8. The van der Waals surface area contributed by atoms with Crippen LogP contribution in [0.1, 0.15) is 71.3 Å². The van der Waals surface area contributed by atoms with Gasteiger partial charge in [-0.1, -0.05) is 71.4 Å². The number of unbranched alkanes of at least 4 members (excludes halogenated alkanes) is 5. The first-order valence-corrected chi connectivity index (χ1v) is 19.2. The van der Waals surface area contributed by atoms with Gasteiger partial charge in [-0.15, -0.1) is 0 Å². The Morgan fingerprint density at radius 1 is 0.400 bits per heavy atom. The minimum atomic E-state index is 0.519. The van der Waals surface area contributed by atoms with Gasteiger partial charge in [-0.05, 0) is 36.5 Å². The molecular formula is C39H72O11. The summed E-state index contributed by atoms with van der Waals surface area (Å²) in [6.07, 6.45) is 10.2. The lowest BCUT2D eigenvalue weighted by Gasteiger charge is -2.10. The summed E-state index contributed by atoms with van der Waals surface area (Å²) in [7, 11) is 0. The molecular weight excluding hydrogens is 644 g/mol. The van der Waals surface area contributed by atoms with E-state index in [0.29, 0.717) is 138 Å². The lowest BCUT2D eigenvalue weighted by atomic mass is 10.0. The third-order valence-electron chi connectivity index (χ3n) is 7.69. The molecule has 0 aliphatic heterocycles. The SMILES string of the molecule is CCCCCCCCc1ccc(OCCOCCOCCOCCOCCOCCOCCOCCOCCOCCOCC(C)CC)cc1. The van der Waals surface area contributed by atoms with Crippen LogP contribution in [0.25, 0.3) is 0 Å². The molecule has 1 atom stereocenters. The molecule has 1 aromatic rings. The van der Waals surface area contributed by atoms with Crippen molar-refractivity contribution in [1.29, 1.82) is 0 Å². The molecule has 0 N–H and O–H groups in total. The van der Waals surface area contributed by atoms with E-state index < -0.39 is 0 Å². The van der Waals surface area contributed by atoms with Crippen LogP contribution in [0.5, 0.6) is 5.75 Å². The summed E-state index contributed by atoms with van der Waals surface area (Å²) in [5.74, 6) is 1.49. The first kappa shape index (κ1) is 46.6. The Morgan fingerprint density at radius 2 is 0.740 bits per heavy atom. The van der Waals surface area contributed by atoms with Crippen molar-refractivity contribution in [2.45, 2.75) is 72.1 Å². The van der Waals surface area contributed by atoms with Crippen molar-refractivity contribution in [1.82, 2.24) is 0 Å². The molecule has 11 heteroatoms. The van der Waals surface area contributed by atoms with Crippen LogP contribution in [0.3, 0.4) is 0 Å². The molecule has 0 fully saturated rings. The fourth-order valence-electron chi connectivity index (χ4n) is 4.46. The van der Waals surface area contributed by atoms with Crippen LogP contribution in [0.4, 0.5) is 0 Å². The molecule has 294 valence electrons. The molecule has 0 heterocycles. The molecule has 0 saturated heterocycles. The van der Waals surface area contributed by atoms with E-state index in [1.54, 1.807) is 0 Å². The summed E-state index contributed by atoms with van der Waals surface area (Å²) < 4.78 is 61.0. The molecule has 0 aromatic heterocycles. The van der Waals surface area contributed by atoms with Gasteiger partial charge >= 0.3 is 0 Å². The molecule has 11 nitrogen and oxygen atoms in total. The van der Waals surface area contributed by atoms with Crippen molar-refractivity contribution >= 4 is 0 Å². The predicted molar refractivity (Wildman–Crippen MR) is 197 cm³/mol. The largest absolute Gasteiger partial charge is 0.491 e. The maximum atomic E-state index is 5.78. The molecule has 0 aliphatic carbocycles. The topological polar surface area (TPSA) is 102 Å². The lowest BCUT2D eigenvalue weighted by molar-refractivity contribution is -0.0271. The molecule has 0 saturated carbocycles. The van der Waals surface area contributed by atoms with Crippen LogP contribution in [0.2, 0.25) is 0 Å². The van der Waals surface area contributed by atoms with Crippen molar-refractivity contribution < 1.29 is 52.1 Å². The molecule has 1 aromatic carbocycles. The maximum Gasteiger partial charge on any atom is 0.119 e. The van der Waals surface area contributed by atoms with Crippen LogP contribution in [0, 0.1) is 5.92 Å². The highest BCUT2D eigenvalue weighted by Crippen LogP contribution is 2.15. The van der Waals surface area contributed by atoms with E-state index in [0.717, 1.165) is 25.2 Å². The van der Waals surface area contributed by atoms with Gasteiger partial charge in [0.2, 0.25) is 0 Å². The molecule has 0 amide bonds. The van der Waals surface area contributed by atoms with E-state index >= 15 is 0 Å². The Morgan fingerprint density at radius 3 is 1.12 bits per heavy atom. The second-order valence-electron chi connectivity index (χ2n) is 12.1. The highest BCUT2D eigenvalue weighted by molar-refractivity contribution is 5.27. The fourth-order valence-corrected chi connectivity index (χ4v) is 4.46. The smallest absolute Gasteiger partial charge is 0.119 e. The Labute approximate surface area is 304 Å². The molecule has 50 heavy (non-hydrogen) atoms. The quantitative estimate of drug-likeness (QED) is 0.0727. The minimum absolute atomic E-state index is 0.519. The zero-order valence-electron chi connectivity index (χ0n) is 31.9. The summed E-state index contributed by atoms with van der Waals surface area (Å²) in [6, 6.07) is 8.44. The second-order valence-corrected chi connectivity index (χ2v) is 12.1. The van der Waals surface area contributed by atoms with E-state index in [-0.39, 0.29) is 0 Å². The number of ether oxygens (including phenoxy) is 11. The van der Waals surface area contributed by atoms with Gasteiger partial charge in [-0.2, -0.15) is 0 Å². The van der Waals surface area contributed by atoms with Crippen molar-refractivity contribution in [2.24, 2.45) is 5.92 Å². The highest BCUT2D eigenvalue weighted by atomic mass is 16.6. The number of hydrogen-bond donors (Lipinski definition) is 0. The van der Waals surface area contributed by atoms with Gasteiger partial charge in [0.1, 0.15) is 12.4 Å². The standard InChI is InChI=1S/C39H72O11/c1-4-6-7-8-9-10-11-38-12-14-39(15-13-38)50-35-34-48-31-30-46-27-26-44-23-22-42-19-18-40-16-17-41-20-21-43-24-25-45-28-29-47-32-33-49-36-37(3)5-2/h12-15,37H,4-11,16-36H2,1-3H3. The summed E-state index contributed by atoms with van der Waals surface area (Å²) in [5.41, 5.74) is 1.38. The molecule has 0 aliphatic rings. The average Bonchev–Trinajstić information content (AvgIpc) is 3.14. The van der Waals surface area contributed by atoms with Crippen LogP contribution in [-0.4, -0.2) is 139 Å². The van der Waals surface area contributed by atoms with Gasteiger partial charge in [0.15, 0.2) is 0 Å². The molecule has 1 unspecified atom stereocenters. The molecule has 0 bridgehead atoms. The van der Waals surface area contributed by atoms with E-state index in [1.807, 2.05) is 0 Å². The second kappa shape index (κ2) is 38.8. The zero-order valence-corrected chi connectivity index (χ0v) is 31.9. The van der Waals surface area contributed by atoms with E-state index in [9.17, 15) is 0 Å². The Bertz CT molecular complexity index is 784.